The third kappa shape index (κ3) is 9.95. The Balaban J connectivity index is 0.000000262. The molecule has 1 aliphatic rings. The van der Waals surface area contributed by atoms with E-state index in [2.05, 4.69) is 19.9 Å². The Morgan fingerprint density at radius 1 is 1.33 bits per heavy atom. The molecule has 1 fully saturated rings. The summed E-state index contributed by atoms with van der Waals surface area (Å²) in [5, 5.41) is 8.91. The quantitative estimate of drug-likeness (QED) is 0.708. The second-order valence-electron chi connectivity index (χ2n) is 4.29. The first-order valence-corrected chi connectivity index (χ1v) is 6.24. The summed E-state index contributed by atoms with van der Waals surface area (Å²) in [5.41, 5.74) is 6.73. The van der Waals surface area contributed by atoms with Crippen molar-refractivity contribution in [1.29, 1.82) is 0 Å². The molecule has 90 valence electrons. The highest BCUT2D eigenvalue weighted by molar-refractivity contribution is 4.96. The summed E-state index contributed by atoms with van der Waals surface area (Å²) in [5.74, 6) is 0. The predicted molar refractivity (Wildman–Crippen MR) is 66.8 cm³/mol. The molecule has 2 nitrogen and oxygen atoms in total. The summed E-state index contributed by atoms with van der Waals surface area (Å²) in [7, 11) is 0. The number of hydrogen-bond acceptors (Lipinski definition) is 2. The number of hydrogen-bond donors (Lipinski definition) is 2. The lowest BCUT2D eigenvalue weighted by molar-refractivity contribution is 0.130. The fraction of sp³-hybridized carbons (Fsp3) is 0.846. The molecule has 2 heteroatoms. The Labute approximate surface area is 94.6 Å². The number of allylic oxidation sites excluding steroid dienone is 1. The van der Waals surface area contributed by atoms with Gasteiger partial charge in [0.05, 0.1) is 6.10 Å². The van der Waals surface area contributed by atoms with Crippen molar-refractivity contribution in [3.63, 3.8) is 0 Å². The van der Waals surface area contributed by atoms with E-state index < -0.39 is 0 Å². The zero-order chi connectivity index (χ0) is 11.5. The minimum atomic E-state index is 0.0359. The second kappa shape index (κ2) is 10.2. The van der Waals surface area contributed by atoms with Gasteiger partial charge in [-0.25, -0.2) is 0 Å². The predicted octanol–water partition coefficient (Wildman–Crippen LogP) is 3.00. The first-order valence-electron chi connectivity index (χ1n) is 6.24. The molecule has 0 bridgehead atoms. The van der Waals surface area contributed by atoms with E-state index in [1.807, 2.05) is 0 Å². The van der Waals surface area contributed by atoms with Gasteiger partial charge in [-0.05, 0) is 39.2 Å². The van der Waals surface area contributed by atoms with Gasteiger partial charge in [0.2, 0.25) is 0 Å². The molecule has 1 saturated carbocycles. The number of rotatable bonds is 3. The van der Waals surface area contributed by atoms with E-state index in [9.17, 15) is 0 Å². The molecule has 0 saturated heterocycles. The first-order chi connectivity index (χ1) is 7.20. The zero-order valence-electron chi connectivity index (χ0n) is 10.3. The average molecular weight is 213 g/mol. The Hall–Kier alpha value is -0.340. The molecular formula is C13H27NO. The third-order valence-electron chi connectivity index (χ3n) is 2.67. The minimum absolute atomic E-state index is 0.0359. The SMILES string of the molecule is CC/C=C(\C)CCN.OC1CCCCC1. The molecule has 0 amide bonds. The molecule has 1 rings (SSSR count). The van der Waals surface area contributed by atoms with Gasteiger partial charge in [-0.3, -0.25) is 0 Å². The summed E-state index contributed by atoms with van der Waals surface area (Å²) in [6.45, 7) is 5.04. The van der Waals surface area contributed by atoms with Crippen LogP contribution < -0.4 is 5.73 Å². The van der Waals surface area contributed by atoms with Crippen LogP contribution in [0.3, 0.4) is 0 Å². The van der Waals surface area contributed by atoms with E-state index in [0.717, 1.165) is 32.2 Å². The molecule has 0 unspecified atom stereocenters. The monoisotopic (exact) mass is 213 g/mol. The van der Waals surface area contributed by atoms with Crippen LogP contribution in [0, 0.1) is 0 Å². The van der Waals surface area contributed by atoms with E-state index >= 15 is 0 Å². The van der Waals surface area contributed by atoms with Crippen molar-refractivity contribution >= 4 is 0 Å². The van der Waals surface area contributed by atoms with Gasteiger partial charge >= 0.3 is 0 Å². The lowest BCUT2D eigenvalue weighted by Crippen LogP contribution is -2.09. The first kappa shape index (κ1) is 14.7. The molecule has 15 heavy (non-hydrogen) atoms. The maximum absolute atomic E-state index is 8.91. The fourth-order valence-electron chi connectivity index (χ4n) is 1.76. The van der Waals surface area contributed by atoms with Crippen LogP contribution in [0.4, 0.5) is 0 Å². The largest absolute Gasteiger partial charge is 0.393 e. The molecular weight excluding hydrogens is 186 g/mol. The Kier molecular flexibility index (Phi) is 9.96. The summed E-state index contributed by atoms with van der Waals surface area (Å²) >= 11 is 0. The van der Waals surface area contributed by atoms with Crippen LogP contribution in [0.1, 0.15) is 58.8 Å². The van der Waals surface area contributed by atoms with Gasteiger partial charge in [-0.15, -0.1) is 0 Å². The lowest BCUT2D eigenvalue weighted by Gasteiger charge is -2.14. The standard InChI is InChI=1S/C7H15N.C6H12O/c1-3-4-7(2)5-6-8;7-6-4-2-1-3-5-6/h4H,3,5-6,8H2,1-2H3;6-7H,1-5H2/b7-4+;. The molecule has 0 aromatic rings. The van der Waals surface area contributed by atoms with Crippen molar-refractivity contribution < 1.29 is 5.11 Å². The van der Waals surface area contributed by atoms with Crippen molar-refractivity contribution in [2.45, 2.75) is 64.9 Å². The molecule has 0 radical (unpaired) electrons. The van der Waals surface area contributed by atoms with Gasteiger partial charge in [-0.1, -0.05) is 37.8 Å². The highest BCUT2D eigenvalue weighted by atomic mass is 16.3. The molecule has 0 aliphatic heterocycles. The second-order valence-corrected chi connectivity index (χ2v) is 4.29. The Bertz CT molecular complexity index is 160. The van der Waals surface area contributed by atoms with E-state index in [1.54, 1.807) is 0 Å². The lowest BCUT2D eigenvalue weighted by atomic mass is 9.98. The maximum atomic E-state index is 8.91. The van der Waals surface area contributed by atoms with E-state index in [4.69, 9.17) is 10.8 Å². The van der Waals surface area contributed by atoms with E-state index in [1.165, 1.54) is 24.8 Å². The van der Waals surface area contributed by atoms with Crippen LogP contribution >= 0.6 is 0 Å². The van der Waals surface area contributed by atoms with Crippen LogP contribution in [0.15, 0.2) is 11.6 Å². The minimum Gasteiger partial charge on any atom is -0.393 e. The maximum Gasteiger partial charge on any atom is 0.0540 e. The molecule has 0 spiro atoms. The van der Waals surface area contributed by atoms with Crippen LogP contribution in [0.25, 0.3) is 0 Å². The normalized spacial score (nSPS) is 18.3. The molecule has 0 atom stereocenters. The number of aliphatic hydroxyl groups is 1. The van der Waals surface area contributed by atoms with Crippen LogP contribution in [-0.2, 0) is 0 Å². The van der Waals surface area contributed by atoms with Crippen molar-refractivity contribution in [2.75, 3.05) is 6.54 Å². The molecule has 1 aliphatic carbocycles. The summed E-state index contributed by atoms with van der Waals surface area (Å²) in [6, 6.07) is 0. The van der Waals surface area contributed by atoms with Crippen LogP contribution in [0.5, 0.6) is 0 Å². The van der Waals surface area contributed by atoms with Crippen molar-refractivity contribution in [1.82, 2.24) is 0 Å². The zero-order valence-corrected chi connectivity index (χ0v) is 10.3. The van der Waals surface area contributed by atoms with Gasteiger partial charge in [0.25, 0.3) is 0 Å². The topological polar surface area (TPSA) is 46.2 Å². The van der Waals surface area contributed by atoms with Gasteiger partial charge in [0.15, 0.2) is 0 Å². The summed E-state index contributed by atoms with van der Waals surface area (Å²) in [4.78, 5) is 0. The van der Waals surface area contributed by atoms with Crippen LogP contribution in [-0.4, -0.2) is 17.8 Å². The van der Waals surface area contributed by atoms with E-state index in [-0.39, 0.29) is 6.10 Å². The van der Waals surface area contributed by atoms with Gasteiger partial charge in [0, 0.05) is 0 Å². The van der Waals surface area contributed by atoms with E-state index in [0.29, 0.717) is 0 Å². The molecule has 0 heterocycles. The molecule has 0 aromatic heterocycles. The Morgan fingerprint density at radius 2 is 1.93 bits per heavy atom. The number of aliphatic hydroxyl groups excluding tert-OH is 1. The van der Waals surface area contributed by atoms with Gasteiger partial charge < -0.3 is 10.8 Å². The highest BCUT2D eigenvalue weighted by Crippen LogP contribution is 2.16. The molecule has 0 aromatic carbocycles. The summed E-state index contributed by atoms with van der Waals surface area (Å²) < 4.78 is 0. The van der Waals surface area contributed by atoms with Gasteiger partial charge in [0.1, 0.15) is 0 Å². The summed E-state index contributed by atoms with van der Waals surface area (Å²) in [6.07, 6.45) is 10.3. The van der Waals surface area contributed by atoms with Crippen molar-refractivity contribution in [3.8, 4) is 0 Å². The van der Waals surface area contributed by atoms with Crippen LogP contribution in [0.2, 0.25) is 0 Å². The smallest absolute Gasteiger partial charge is 0.0540 e. The fourth-order valence-corrected chi connectivity index (χ4v) is 1.76. The van der Waals surface area contributed by atoms with Crippen molar-refractivity contribution in [2.24, 2.45) is 5.73 Å². The highest BCUT2D eigenvalue weighted by Gasteiger charge is 2.07. The third-order valence-corrected chi connectivity index (χ3v) is 2.67. The number of nitrogens with two attached hydrogens (primary N) is 1. The molecule has 3 N–H and O–H groups in total. The average Bonchev–Trinajstić information content (AvgIpc) is 2.20. The van der Waals surface area contributed by atoms with Gasteiger partial charge in [-0.2, -0.15) is 0 Å². The Morgan fingerprint density at radius 3 is 2.27 bits per heavy atom. The van der Waals surface area contributed by atoms with Crippen molar-refractivity contribution in [3.05, 3.63) is 11.6 Å².